The van der Waals surface area contributed by atoms with Crippen LogP contribution in [0.25, 0.3) is 10.9 Å². The fourth-order valence-corrected chi connectivity index (χ4v) is 1.89. The Balaban J connectivity index is 2.31. The number of hydrogen-bond acceptors (Lipinski definition) is 4. The Kier molecular flexibility index (Phi) is 4.30. The normalized spacial score (nSPS) is 10.6. The largest absolute Gasteiger partial charge is 0.477 e. The summed E-state index contributed by atoms with van der Waals surface area (Å²) in [5.74, 6) is -1.04. The molecule has 1 aromatic heterocycles. The minimum absolute atomic E-state index is 0.0309. The van der Waals surface area contributed by atoms with Crippen molar-refractivity contribution in [3.63, 3.8) is 0 Å². The first-order valence-electron chi connectivity index (χ1n) is 6.20. The van der Waals surface area contributed by atoms with Crippen LogP contribution in [-0.2, 0) is 0 Å². The summed E-state index contributed by atoms with van der Waals surface area (Å²) in [4.78, 5) is 15.2. The Hall–Kier alpha value is -2.14. The topological polar surface area (TPSA) is 82.5 Å². The van der Waals surface area contributed by atoms with Crippen molar-refractivity contribution in [2.24, 2.45) is 0 Å². The minimum atomic E-state index is -1.04. The fraction of sp³-hybridized carbons (Fsp3) is 0.286. The summed E-state index contributed by atoms with van der Waals surface area (Å²) in [5, 5.41) is 21.9. The van der Waals surface area contributed by atoms with Crippen LogP contribution >= 0.6 is 0 Å². The van der Waals surface area contributed by atoms with Crippen LogP contribution in [0.15, 0.2) is 30.3 Å². The van der Waals surface area contributed by atoms with Gasteiger partial charge < -0.3 is 15.5 Å². The quantitative estimate of drug-likeness (QED) is 0.693. The minimum Gasteiger partial charge on any atom is -0.477 e. The number of aromatic nitrogens is 1. The predicted molar refractivity (Wildman–Crippen MR) is 73.5 cm³/mol. The molecule has 5 nitrogen and oxygen atoms in total. The van der Waals surface area contributed by atoms with Gasteiger partial charge >= 0.3 is 5.97 Å². The number of carbonyl (C=O) groups is 1. The molecule has 0 aliphatic carbocycles. The molecule has 3 N–H and O–H groups in total. The zero-order valence-electron chi connectivity index (χ0n) is 10.5. The van der Waals surface area contributed by atoms with Crippen LogP contribution in [0, 0.1) is 0 Å². The van der Waals surface area contributed by atoms with Gasteiger partial charge in [-0.25, -0.2) is 9.78 Å². The van der Waals surface area contributed by atoms with E-state index in [-0.39, 0.29) is 12.3 Å². The van der Waals surface area contributed by atoms with E-state index in [1.54, 1.807) is 12.1 Å². The van der Waals surface area contributed by atoms with Gasteiger partial charge in [0.05, 0.1) is 5.52 Å². The highest BCUT2D eigenvalue weighted by Gasteiger charge is 2.10. The number of carboxylic acids is 1. The highest BCUT2D eigenvalue weighted by molar-refractivity contribution is 5.97. The van der Waals surface area contributed by atoms with E-state index in [9.17, 15) is 4.79 Å². The van der Waals surface area contributed by atoms with Crippen molar-refractivity contribution in [3.8, 4) is 0 Å². The molecule has 0 atom stereocenters. The number of fused-ring (bicyclic) bond motifs is 1. The number of hydrogen-bond donors (Lipinski definition) is 3. The first-order valence-corrected chi connectivity index (χ1v) is 6.20. The lowest BCUT2D eigenvalue weighted by Gasteiger charge is -2.10. The lowest BCUT2D eigenvalue weighted by molar-refractivity contribution is 0.0691. The summed E-state index contributed by atoms with van der Waals surface area (Å²) >= 11 is 0. The van der Waals surface area contributed by atoms with Gasteiger partial charge in [-0.15, -0.1) is 0 Å². The second-order valence-electron chi connectivity index (χ2n) is 4.23. The van der Waals surface area contributed by atoms with Gasteiger partial charge in [-0.05, 0) is 25.0 Å². The van der Waals surface area contributed by atoms with Crippen LogP contribution in [0.3, 0.4) is 0 Å². The van der Waals surface area contributed by atoms with Crippen LogP contribution in [0.1, 0.15) is 23.3 Å². The van der Waals surface area contributed by atoms with Gasteiger partial charge in [0, 0.05) is 24.2 Å². The van der Waals surface area contributed by atoms with Crippen molar-refractivity contribution in [1.82, 2.24) is 4.98 Å². The lowest BCUT2D eigenvalue weighted by Crippen LogP contribution is -2.06. The smallest absolute Gasteiger partial charge is 0.354 e. The molecule has 0 saturated heterocycles. The van der Waals surface area contributed by atoms with E-state index in [1.807, 2.05) is 18.2 Å². The molecule has 0 bridgehead atoms. The van der Waals surface area contributed by atoms with Crippen LogP contribution in [0.5, 0.6) is 0 Å². The van der Waals surface area contributed by atoms with E-state index >= 15 is 0 Å². The molecule has 0 fully saturated rings. The van der Waals surface area contributed by atoms with E-state index in [1.165, 1.54) is 0 Å². The Morgan fingerprint density at radius 2 is 2.05 bits per heavy atom. The van der Waals surface area contributed by atoms with E-state index in [0.29, 0.717) is 12.1 Å². The molecule has 0 spiro atoms. The molecular formula is C14H16N2O3. The molecule has 1 aromatic carbocycles. The first-order chi connectivity index (χ1) is 9.22. The van der Waals surface area contributed by atoms with Crippen LogP contribution in [0.4, 0.5) is 5.69 Å². The summed E-state index contributed by atoms with van der Waals surface area (Å²) in [6.45, 7) is 0.854. The molecule has 0 unspecified atom stereocenters. The summed E-state index contributed by atoms with van der Waals surface area (Å²) in [7, 11) is 0. The third-order valence-corrected chi connectivity index (χ3v) is 2.84. The van der Waals surface area contributed by atoms with Crippen molar-refractivity contribution in [3.05, 3.63) is 36.0 Å². The standard InChI is InChI=1S/C14H16N2O3/c17-8-4-3-7-15-12-9-13(14(18)19)16-11-6-2-1-5-10(11)12/h1-2,5-6,9,17H,3-4,7-8H2,(H,15,16)(H,18,19). The SMILES string of the molecule is O=C(O)c1cc(NCCCCO)c2ccccc2n1. The van der Waals surface area contributed by atoms with Gasteiger partial charge in [0.1, 0.15) is 0 Å². The zero-order chi connectivity index (χ0) is 13.7. The van der Waals surface area contributed by atoms with Crippen molar-refractivity contribution in [2.75, 3.05) is 18.5 Å². The number of carboxylic acid groups (broad SMARTS) is 1. The summed E-state index contributed by atoms with van der Waals surface area (Å²) < 4.78 is 0. The number of aliphatic hydroxyl groups excluding tert-OH is 1. The van der Waals surface area contributed by atoms with Gasteiger partial charge in [0.15, 0.2) is 5.69 Å². The maximum atomic E-state index is 11.0. The van der Waals surface area contributed by atoms with E-state index in [4.69, 9.17) is 10.2 Å². The van der Waals surface area contributed by atoms with E-state index < -0.39 is 5.97 Å². The number of unbranched alkanes of at least 4 members (excludes halogenated alkanes) is 1. The number of aliphatic hydroxyl groups is 1. The van der Waals surface area contributed by atoms with Crippen molar-refractivity contribution in [1.29, 1.82) is 0 Å². The van der Waals surface area contributed by atoms with Crippen molar-refractivity contribution in [2.45, 2.75) is 12.8 Å². The average molecular weight is 260 g/mol. The fourth-order valence-electron chi connectivity index (χ4n) is 1.89. The van der Waals surface area contributed by atoms with Crippen LogP contribution < -0.4 is 5.32 Å². The molecule has 5 heteroatoms. The molecule has 0 radical (unpaired) electrons. The van der Waals surface area contributed by atoms with Gasteiger partial charge in [-0.1, -0.05) is 18.2 Å². The second kappa shape index (κ2) is 6.15. The van der Waals surface area contributed by atoms with Crippen LogP contribution in [-0.4, -0.2) is 34.3 Å². The number of rotatable bonds is 6. The number of nitrogens with zero attached hydrogens (tertiary/aromatic N) is 1. The van der Waals surface area contributed by atoms with Crippen molar-refractivity contribution >= 4 is 22.6 Å². The van der Waals surface area contributed by atoms with Gasteiger partial charge in [-0.2, -0.15) is 0 Å². The molecule has 1 heterocycles. The monoisotopic (exact) mass is 260 g/mol. The van der Waals surface area contributed by atoms with Crippen LogP contribution in [0.2, 0.25) is 0 Å². The summed E-state index contributed by atoms with van der Waals surface area (Å²) in [6.07, 6.45) is 1.55. The average Bonchev–Trinajstić information content (AvgIpc) is 2.43. The molecule has 100 valence electrons. The number of pyridine rings is 1. The zero-order valence-corrected chi connectivity index (χ0v) is 10.5. The van der Waals surface area contributed by atoms with Crippen molar-refractivity contribution < 1.29 is 15.0 Å². The molecule has 2 aromatic rings. The molecule has 0 aliphatic heterocycles. The third-order valence-electron chi connectivity index (χ3n) is 2.84. The van der Waals surface area contributed by atoms with Gasteiger partial charge in [-0.3, -0.25) is 0 Å². The van der Waals surface area contributed by atoms with Gasteiger partial charge in [0.25, 0.3) is 0 Å². The number of nitrogens with one attached hydrogen (secondary N) is 1. The number of aromatic carboxylic acids is 1. The van der Waals surface area contributed by atoms with E-state index in [0.717, 1.165) is 23.9 Å². The highest BCUT2D eigenvalue weighted by Crippen LogP contribution is 2.23. The Labute approximate surface area is 110 Å². The lowest BCUT2D eigenvalue weighted by atomic mass is 10.1. The Morgan fingerprint density at radius 3 is 2.79 bits per heavy atom. The Bertz CT molecular complexity index is 584. The molecule has 19 heavy (non-hydrogen) atoms. The number of anilines is 1. The second-order valence-corrected chi connectivity index (χ2v) is 4.23. The molecular weight excluding hydrogens is 244 g/mol. The maximum absolute atomic E-state index is 11.0. The van der Waals surface area contributed by atoms with E-state index in [2.05, 4.69) is 10.3 Å². The first kappa shape index (κ1) is 13.3. The maximum Gasteiger partial charge on any atom is 0.354 e. The number of benzene rings is 1. The Morgan fingerprint density at radius 1 is 1.26 bits per heavy atom. The third kappa shape index (κ3) is 3.20. The van der Waals surface area contributed by atoms with Gasteiger partial charge in [0.2, 0.25) is 0 Å². The molecule has 2 rings (SSSR count). The molecule has 0 amide bonds. The summed E-state index contributed by atoms with van der Waals surface area (Å²) in [5.41, 5.74) is 1.45. The molecule has 0 aliphatic rings. The highest BCUT2D eigenvalue weighted by atomic mass is 16.4. The molecule has 0 saturated carbocycles. The number of para-hydroxylation sites is 1. The summed E-state index contributed by atoms with van der Waals surface area (Å²) in [6, 6.07) is 8.96. The predicted octanol–water partition coefficient (Wildman–Crippen LogP) is 2.12.